The molecule has 2 aromatic rings. The molecule has 0 aliphatic heterocycles. The maximum Gasteiger partial charge on any atom is 0.0992 e. The minimum absolute atomic E-state index is 0.314. The van der Waals surface area contributed by atoms with Crippen molar-refractivity contribution >= 4 is 11.6 Å². The zero-order chi connectivity index (χ0) is 12.3. The van der Waals surface area contributed by atoms with Crippen molar-refractivity contribution in [2.45, 2.75) is 19.9 Å². The van der Waals surface area contributed by atoms with Crippen LogP contribution in [0, 0.1) is 0 Å². The van der Waals surface area contributed by atoms with E-state index in [0.29, 0.717) is 6.04 Å². The third-order valence-electron chi connectivity index (χ3n) is 2.76. The summed E-state index contributed by atoms with van der Waals surface area (Å²) in [6.07, 6.45) is 5.37. The Kier molecular flexibility index (Phi) is 3.82. The van der Waals surface area contributed by atoms with E-state index in [9.17, 15) is 0 Å². The van der Waals surface area contributed by atoms with Crippen molar-refractivity contribution in [1.82, 2.24) is 14.9 Å². The van der Waals surface area contributed by atoms with Crippen molar-refractivity contribution in [1.29, 1.82) is 0 Å². The lowest BCUT2D eigenvalue weighted by atomic mass is 10.1. The number of nitrogens with one attached hydrogen (secondary N) is 1. The van der Waals surface area contributed by atoms with Gasteiger partial charge in [0, 0.05) is 18.4 Å². The molecule has 4 heteroatoms. The molecule has 0 radical (unpaired) electrons. The molecule has 0 aliphatic carbocycles. The summed E-state index contributed by atoms with van der Waals surface area (Å²) in [4.78, 5) is 4.02. The van der Waals surface area contributed by atoms with E-state index in [0.717, 1.165) is 17.3 Å². The summed E-state index contributed by atoms with van der Waals surface area (Å²) in [6, 6.07) is 6.43. The summed E-state index contributed by atoms with van der Waals surface area (Å²) in [5.74, 6) is 0. The highest BCUT2D eigenvalue weighted by Gasteiger charge is 2.08. The summed E-state index contributed by atoms with van der Waals surface area (Å²) >= 11 is 6.29. The number of hydrogen-bond acceptors (Lipinski definition) is 2. The number of aromatic nitrogens is 2. The maximum absolute atomic E-state index is 6.29. The van der Waals surface area contributed by atoms with Gasteiger partial charge < -0.3 is 9.88 Å². The number of nitrogens with zero attached hydrogens (tertiary/aromatic N) is 2. The summed E-state index contributed by atoms with van der Waals surface area (Å²) in [5, 5.41) is 4.11. The molecule has 1 unspecified atom stereocenters. The van der Waals surface area contributed by atoms with Gasteiger partial charge in [-0.1, -0.05) is 24.6 Å². The lowest BCUT2D eigenvalue weighted by Gasteiger charge is -2.14. The predicted molar refractivity (Wildman–Crippen MR) is 70.7 cm³/mol. The Bertz CT molecular complexity index is 479. The highest BCUT2D eigenvalue weighted by Crippen LogP contribution is 2.24. The van der Waals surface area contributed by atoms with Crippen molar-refractivity contribution in [2.24, 2.45) is 0 Å². The standard InChI is InChI=1S/C13H16ClN3/c1-3-16-10(2)11-4-5-13(12(14)8-11)17-7-6-15-9-17/h4-10,16H,3H2,1-2H3. The Morgan fingerprint density at radius 3 is 2.88 bits per heavy atom. The Labute approximate surface area is 106 Å². The first-order chi connectivity index (χ1) is 8.22. The molecule has 0 fully saturated rings. The zero-order valence-electron chi connectivity index (χ0n) is 10.0. The van der Waals surface area contributed by atoms with Crippen molar-refractivity contribution in [3.63, 3.8) is 0 Å². The van der Waals surface area contributed by atoms with Crippen LogP contribution in [0.2, 0.25) is 5.02 Å². The quantitative estimate of drug-likeness (QED) is 0.902. The van der Waals surface area contributed by atoms with E-state index in [-0.39, 0.29) is 0 Å². The van der Waals surface area contributed by atoms with E-state index in [1.807, 2.05) is 22.9 Å². The molecule has 0 saturated carbocycles. The molecule has 1 aromatic carbocycles. The third kappa shape index (κ3) is 2.68. The van der Waals surface area contributed by atoms with Gasteiger partial charge >= 0.3 is 0 Å². The van der Waals surface area contributed by atoms with Crippen LogP contribution in [0.5, 0.6) is 0 Å². The number of benzene rings is 1. The number of hydrogen-bond donors (Lipinski definition) is 1. The molecule has 1 heterocycles. The molecular formula is C13H16ClN3. The molecule has 1 N–H and O–H groups in total. The normalized spacial score (nSPS) is 12.6. The second-order valence-electron chi connectivity index (χ2n) is 3.96. The summed E-state index contributed by atoms with van der Waals surface area (Å²) < 4.78 is 1.91. The minimum Gasteiger partial charge on any atom is -0.310 e. The van der Waals surface area contributed by atoms with Gasteiger partial charge in [-0.3, -0.25) is 0 Å². The molecule has 17 heavy (non-hydrogen) atoms. The molecule has 0 amide bonds. The molecule has 1 atom stereocenters. The van der Waals surface area contributed by atoms with E-state index < -0.39 is 0 Å². The van der Waals surface area contributed by atoms with Crippen LogP contribution < -0.4 is 5.32 Å². The summed E-state index contributed by atoms with van der Waals surface area (Å²) in [7, 11) is 0. The molecule has 0 spiro atoms. The Hall–Kier alpha value is -1.32. The zero-order valence-corrected chi connectivity index (χ0v) is 10.8. The van der Waals surface area contributed by atoms with Crippen LogP contribution >= 0.6 is 11.6 Å². The van der Waals surface area contributed by atoms with Gasteiger partial charge in [0.1, 0.15) is 0 Å². The topological polar surface area (TPSA) is 29.9 Å². The highest BCUT2D eigenvalue weighted by molar-refractivity contribution is 6.32. The number of imidazole rings is 1. The highest BCUT2D eigenvalue weighted by atomic mass is 35.5. The Balaban J connectivity index is 2.29. The number of halogens is 1. The fraction of sp³-hybridized carbons (Fsp3) is 0.308. The van der Waals surface area contributed by atoms with Gasteiger partial charge in [-0.2, -0.15) is 0 Å². The fourth-order valence-electron chi connectivity index (χ4n) is 1.83. The monoisotopic (exact) mass is 249 g/mol. The lowest BCUT2D eigenvalue weighted by Crippen LogP contribution is -2.17. The molecule has 3 nitrogen and oxygen atoms in total. The third-order valence-corrected chi connectivity index (χ3v) is 3.07. The Morgan fingerprint density at radius 2 is 2.29 bits per heavy atom. The van der Waals surface area contributed by atoms with Crippen LogP contribution in [0.15, 0.2) is 36.9 Å². The van der Waals surface area contributed by atoms with E-state index in [2.05, 4.69) is 30.2 Å². The number of rotatable bonds is 4. The van der Waals surface area contributed by atoms with E-state index in [1.165, 1.54) is 5.56 Å². The molecule has 0 saturated heterocycles. The van der Waals surface area contributed by atoms with Crippen LogP contribution in [0.25, 0.3) is 5.69 Å². The van der Waals surface area contributed by atoms with Crippen LogP contribution in [0.1, 0.15) is 25.5 Å². The summed E-state index contributed by atoms with van der Waals surface area (Å²) in [6.45, 7) is 5.17. The van der Waals surface area contributed by atoms with E-state index in [1.54, 1.807) is 12.5 Å². The second-order valence-corrected chi connectivity index (χ2v) is 4.37. The van der Waals surface area contributed by atoms with Crippen molar-refractivity contribution in [3.05, 3.63) is 47.5 Å². The molecule has 2 rings (SSSR count). The molecule has 0 aliphatic rings. The van der Waals surface area contributed by atoms with Crippen molar-refractivity contribution < 1.29 is 0 Å². The largest absolute Gasteiger partial charge is 0.310 e. The second kappa shape index (κ2) is 5.34. The van der Waals surface area contributed by atoms with Crippen LogP contribution in [0.3, 0.4) is 0 Å². The van der Waals surface area contributed by atoms with Crippen LogP contribution in [-0.4, -0.2) is 16.1 Å². The smallest absolute Gasteiger partial charge is 0.0992 e. The first-order valence-corrected chi connectivity index (χ1v) is 6.11. The lowest BCUT2D eigenvalue weighted by molar-refractivity contribution is 0.598. The molecule has 0 bridgehead atoms. The van der Waals surface area contributed by atoms with Crippen LogP contribution in [-0.2, 0) is 0 Å². The first kappa shape index (κ1) is 12.1. The van der Waals surface area contributed by atoms with Gasteiger partial charge in [-0.15, -0.1) is 0 Å². The van der Waals surface area contributed by atoms with Crippen molar-refractivity contribution in [2.75, 3.05) is 6.54 Å². The van der Waals surface area contributed by atoms with Crippen LogP contribution in [0.4, 0.5) is 0 Å². The van der Waals surface area contributed by atoms with Gasteiger partial charge in [0.05, 0.1) is 17.0 Å². The summed E-state index contributed by atoms with van der Waals surface area (Å²) in [5.41, 5.74) is 2.15. The molecule has 1 aromatic heterocycles. The maximum atomic E-state index is 6.29. The minimum atomic E-state index is 0.314. The molecular weight excluding hydrogens is 234 g/mol. The van der Waals surface area contributed by atoms with Gasteiger partial charge in [-0.25, -0.2) is 4.98 Å². The van der Waals surface area contributed by atoms with Gasteiger partial charge in [0.2, 0.25) is 0 Å². The fourth-order valence-corrected chi connectivity index (χ4v) is 2.11. The average Bonchev–Trinajstić information content (AvgIpc) is 2.82. The van der Waals surface area contributed by atoms with Gasteiger partial charge in [0.25, 0.3) is 0 Å². The Morgan fingerprint density at radius 1 is 1.47 bits per heavy atom. The van der Waals surface area contributed by atoms with E-state index >= 15 is 0 Å². The first-order valence-electron chi connectivity index (χ1n) is 5.73. The molecule has 90 valence electrons. The average molecular weight is 250 g/mol. The van der Waals surface area contributed by atoms with Gasteiger partial charge in [0.15, 0.2) is 0 Å². The van der Waals surface area contributed by atoms with E-state index in [4.69, 9.17) is 11.6 Å². The SMILES string of the molecule is CCNC(C)c1ccc(-n2ccnc2)c(Cl)c1. The van der Waals surface area contributed by atoms with Gasteiger partial charge in [-0.05, 0) is 31.2 Å². The predicted octanol–water partition coefficient (Wildman–Crippen LogP) is 3.20. The van der Waals surface area contributed by atoms with Crippen molar-refractivity contribution in [3.8, 4) is 5.69 Å².